The Morgan fingerprint density at radius 2 is 1.86 bits per heavy atom. The van der Waals surface area contributed by atoms with Gasteiger partial charge in [0.2, 0.25) is 5.91 Å². The first-order valence-corrected chi connectivity index (χ1v) is 16.7. The molecule has 0 unspecified atom stereocenters. The van der Waals surface area contributed by atoms with E-state index in [2.05, 4.69) is 44.9 Å². The number of halogens is 3. The number of benzene rings is 2. The maximum atomic E-state index is 13.3. The standard InChI is InChI=1S/C33H43N5O5.C2HF3O2/c1-37-22-27(21-35-37)26-7-5-6-24(20-26)13-18-42-19-14-31(41)38(28-8-3-2-4-9-28)17-16-34-15-12-25-10-11-29(39)32-33(25)43-23-30(40)36-32;3-2(4,5)1(6)7/h5-7,10-11,20-22,28,34,39H,2-4,8-9,12-19,23H2,1H3,(H,36,40);(H,6,7). The molecule has 0 atom stereocenters. The minimum Gasteiger partial charge on any atom is -0.506 e. The van der Waals surface area contributed by atoms with Crippen molar-refractivity contribution >= 4 is 23.5 Å². The third-order valence-electron chi connectivity index (χ3n) is 8.47. The maximum Gasteiger partial charge on any atom is 0.490 e. The summed E-state index contributed by atoms with van der Waals surface area (Å²) in [6.45, 7) is 2.97. The number of hydrogen-bond acceptors (Lipinski definition) is 8. The number of fused-ring (bicyclic) bond motifs is 1. The second-order valence-electron chi connectivity index (χ2n) is 12.2. The summed E-state index contributed by atoms with van der Waals surface area (Å²) in [6.07, 6.45) is 6.33. The van der Waals surface area contributed by atoms with E-state index in [1.807, 2.05) is 25.5 Å². The molecule has 0 bridgehead atoms. The van der Waals surface area contributed by atoms with Crippen molar-refractivity contribution in [1.82, 2.24) is 20.0 Å². The summed E-state index contributed by atoms with van der Waals surface area (Å²) in [5, 5.41) is 27.6. The van der Waals surface area contributed by atoms with E-state index in [-0.39, 0.29) is 24.2 Å². The van der Waals surface area contributed by atoms with Gasteiger partial charge in [-0.1, -0.05) is 49.6 Å². The fourth-order valence-corrected chi connectivity index (χ4v) is 5.93. The lowest BCUT2D eigenvalue weighted by molar-refractivity contribution is -0.192. The first-order chi connectivity index (χ1) is 23.9. The molecule has 1 saturated carbocycles. The van der Waals surface area contributed by atoms with Crippen LogP contribution in [0.2, 0.25) is 0 Å². The number of phenols is 1. The number of carbonyl (C=O) groups is 3. The van der Waals surface area contributed by atoms with Gasteiger partial charge in [-0.25, -0.2) is 4.79 Å². The second kappa shape index (κ2) is 18.4. The van der Waals surface area contributed by atoms with E-state index >= 15 is 0 Å². The molecule has 15 heteroatoms. The van der Waals surface area contributed by atoms with E-state index in [1.54, 1.807) is 10.7 Å². The van der Waals surface area contributed by atoms with E-state index in [0.29, 0.717) is 63.2 Å². The van der Waals surface area contributed by atoms with Gasteiger partial charge in [-0.05, 0) is 55.0 Å². The van der Waals surface area contributed by atoms with Crippen LogP contribution in [0.25, 0.3) is 11.1 Å². The Balaban J connectivity index is 0.000000727. The van der Waals surface area contributed by atoms with Gasteiger partial charge < -0.3 is 35.2 Å². The molecule has 2 aromatic carbocycles. The molecular weight excluding hydrogens is 659 g/mol. The van der Waals surface area contributed by atoms with Crippen molar-refractivity contribution in [2.45, 2.75) is 63.6 Å². The molecule has 3 aromatic rings. The molecule has 2 amide bonds. The molecule has 1 fully saturated rings. The number of aryl methyl sites for hydroxylation is 1. The monoisotopic (exact) mass is 703 g/mol. The van der Waals surface area contributed by atoms with Crippen molar-refractivity contribution in [3.05, 3.63) is 59.9 Å². The SMILES string of the molecule is Cn1cc(-c2cccc(CCOCCC(=O)N(CCNCCc3ccc(O)c4c3OCC(=O)N4)C3CCCCC3)c2)cn1.O=C(O)C(F)(F)F. The highest BCUT2D eigenvalue weighted by Gasteiger charge is 2.38. The zero-order valence-corrected chi connectivity index (χ0v) is 28.0. The molecule has 2 heterocycles. The number of carbonyl (C=O) groups excluding carboxylic acids is 2. The number of ether oxygens (including phenoxy) is 2. The predicted molar refractivity (Wildman–Crippen MR) is 179 cm³/mol. The van der Waals surface area contributed by atoms with Crippen LogP contribution in [0.4, 0.5) is 18.9 Å². The number of alkyl halides is 3. The minimum absolute atomic E-state index is 0.000376. The van der Waals surface area contributed by atoms with Crippen molar-refractivity contribution in [2.24, 2.45) is 7.05 Å². The summed E-state index contributed by atoms with van der Waals surface area (Å²) in [6, 6.07) is 12.1. The van der Waals surface area contributed by atoms with Gasteiger partial charge in [-0.2, -0.15) is 18.3 Å². The smallest absolute Gasteiger partial charge is 0.490 e. The van der Waals surface area contributed by atoms with Crippen LogP contribution in [0.15, 0.2) is 48.8 Å². The number of rotatable bonds is 14. The average molecular weight is 704 g/mol. The van der Waals surface area contributed by atoms with E-state index < -0.39 is 12.1 Å². The van der Waals surface area contributed by atoms with E-state index in [9.17, 15) is 27.9 Å². The molecule has 4 N–H and O–H groups in total. The van der Waals surface area contributed by atoms with E-state index in [4.69, 9.17) is 19.4 Å². The van der Waals surface area contributed by atoms with Gasteiger partial charge in [0.1, 0.15) is 11.4 Å². The maximum absolute atomic E-state index is 13.3. The summed E-state index contributed by atoms with van der Waals surface area (Å²) in [5.41, 5.74) is 4.69. The van der Waals surface area contributed by atoms with Crippen molar-refractivity contribution < 1.29 is 47.2 Å². The molecule has 1 aliphatic heterocycles. The number of hydrogen-bond donors (Lipinski definition) is 4. The molecule has 0 saturated heterocycles. The molecule has 1 aromatic heterocycles. The fraction of sp³-hybridized carbons (Fsp3) is 0.486. The molecule has 0 spiro atoms. The number of nitrogens with one attached hydrogen (secondary N) is 2. The number of carboxylic acid groups (broad SMARTS) is 1. The van der Waals surface area contributed by atoms with E-state index in [1.165, 1.54) is 24.8 Å². The molecule has 1 aliphatic carbocycles. The van der Waals surface area contributed by atoms with Gasteiger partial charge in [-0.15, -0.1) is 0 Å². The first-order valence-electron chi connectivity index (χ1n) is 16.7. The van der Waals surface area contributed by atoms with Crippen LogP contribution >= 0.6 is 0 Å². The number of carboxylic acids is 1. The zero-order chi connectivity index (χ0) is 36.1. The molecular formula is C35H44F3N5O7. The number of anilines is 1. The second-order valence-corrected chi connectivity index (χ2v) is 12.2. The van der Waals surface area contributed by atoms with Gasteiger partial charge in [0, 0.05) is 37.9 Å². The summed E-state index contributed by atoms with van der Waals surface area (Å²) in [7, 11) is 1.92. The van der Waals surface area contributed by atoms with Crippen molar-refractivity contribution in [3.8, 4) is 22.6 Å². The number of aromatic nitrogens is 2. The number of amides is 2. The summed E-state index contributed by atoms with van der Waals surface area (Å²) in [4.78, 5) is 35.9. The Labute approximate surface area is 288 Å². The molecule has 12 nitrogen and oxygen atoms in total. The highest BCUT2D eigenvalue weighted by atomic mass is 19.4. The zero-order valence-electron chi connectivity index (χ0n) is 28.0. The van der Waals surface area contributed by atoms with Crippen LogP contribution in [-0.4, -0.2) is 94.4 Å². The van der Waals surface area contributed by atoms with Crippen molar-refractivity contribution in [2.75, 3.05) is 44.8 Å². The largest absolute Gasteiger partial charge is 0.506 e. The predicted octanol–water partition coefficient (Wildman–Crippen LogP) is 4.70. The van der Waals surface area contributed by atoms with Crippen LogP contribution in [0.1, 0.15) is 49.7 Å². The lowest BCUT2D eigenvalue weighted by atomic mass is 9.94. The quantitative estimate of drug-likeness (QED) is 0.138. The molecule has 0 radical (unpaired) electrons. The summed E-state index contributed by atoms with van der Waals surface area (Å²) >= 11 is 0. The molecule has 2 aliphatic rings. The van der Waals surface area contributed by atoms with Crippen LogP contribution in [-0.2, 0) is 39.0 Å². The lowest BCUT2D eigenvalue weighted by Gasteiger charge is -2.34. The third kappa shape index (κ3) is 11.5. The summed E-state index contributed by atoms with van der Waals surface area (Å²) < 4.78 is 45.0. The average Bonchev–Trinajstić information content (AvgIpc) is 3.53. The molecule has 5 rings (SSSR count). The fourth-order valence-electron chi connectivity index (χ4n) is 5.93. The van der Waals surface area contributed by atoms with Crippen LogP contribution in [0.3, 0.4) is 0 Å². The number of aliphatic carboxylic acids is 1. The topological polar surface area (TPSA) is 155 Å². The van der Waals surface area contributed by atoms with Crippen LogP contribution in [0.5, 0.6) is 11.5 Å². The van der Waals surface area contributed by atoms with Gasteiger partial charge >= 0.3 is 12.1 Å². The normalized spacial score (nSPS) is 14.5. The van der Waals surface area contributed by atoms with Gasteiger partial charge in [0.05, 0.1) is 25.8 Å². The Morgan fingerprint density at radius 3 is 2.56 bits per heavy atom. The van der Waals surface area contributed by atoms with Gasteiger partial charge in [0.25, 0.3) is 5.91 Å². The minimum atomic E-state index is -5.08. The number of nitrogens with zero attached hydrogens (tertiary/aromatic N) is 3. The molecule has 272 valence electrons. The van der Waals surface area contributed by atoms with Crippen LogP contribution in [0, 0.1) is 0 Å². The van der Waals surface area contributed by atoms with Gasteiger partial charge in [-0.3, -0.25) is 14.3 Å². The number of aromatic hydroxyl groups is 1. The Bertz CT molecular complexity index is 1590. The van der Waals surface area contributed by atoms with Gasteiger partial charge in [0.15, 0.2) is 12.4 Å². The lowest BCUT2D eigenvalue weighted by Crippen LogP contribution is -2.45. The highest BCUT2D eigenvalue weighted by molar-refractivity contribution is 5.97. The number of phenolic OH excluding ortho intramolecular Hbond substituents is 1. The van der Waals surface area contributed by atoms with Crippen LogP contribution < -0.4 is 15.4 Å². The van der Waals surface area contributed by atoms with Crippen molar-refractivity contribution in [1.29, 1.82) is 0 Å². The Morgan fingerprint density at radius 1 is 1.10 bits per heavy atom. The van der Waals surface area contributed by atoms with E-state index in [0.717, 1.165) is 36.0 Å². The molecule has 50 heavy (non-hydrogen) atoms. The summed E-state index contributed by atoms with van der Waals surface area (Å²) in [5.74, 6) is -2.35. The van der Waals surface area contributed by atoms with Crippen molar-refractivity contribution in [3.63, 3.8) is 0 Å². The highest BCUT2D eigenvalue weighted by Crippen LogP contribution is 2.39. The Hall–Kier alpha value is -4.63. The Kier molecular flexibility index (Phi) is 14.0. The third-order valence-corrected chi connectivity index (χ3v) is 8.47. The first kappa shape index (κ1) is 38.2.